The summed E-state index contributed by atoms with van der Waals surface area (Å²) in [6.07, 6.45) is 0.509. The predicted octanol–water partition coefficient (Wildman–Crippen LogP) is 3.20. The van der Waals surface area contributed by atoms with E-state index in [-0.39, 0.29) is 11.4 Å². The van der Waals surface area contributed by atoms with E-state index in [1.807, 2.05) is 41.8 Å². The molecule has 0 unspecified atom stereocenters. The maximum absolute atomic E-state index is 12.3. The number of aromatic nitrogens is 1. The van der Waals surface area contributed by atoms with Crippen molar-refractivity contribution >= 4 is 21.4 Å². The molecule has 0 aliphatic carbocycles. The summed E-state index contributed by atoms with van der Waals surface area (Å²) in [5, 5.41) is 11.7. The molecule has 0 atom stereocenters. The van der Waals surface area contributed by atoms with Crippen molar-refractivity contribution in [3.8, 4) is 17.3 Å². The quantitative estimate of drug-likeness (QED) is 0.723. The van der Waals surface area contributed by atoms with E-state index in [0.717, 1.165) is 16.3 Å². The topological polar surface area (TPSA) is 82.8 Å². The van der Waals surface area contributed by atoms with Gasteiger partial charge in [-0.3, -0.25) is 0 Å². The smallest absolute Gasteiger partial charge is 0.240 e. The molecular formula is C18H15N3O2S2. The molecule has 1 N–H and O–H groups in total. The summed E-state index contributed by atoms with van der Waals surface area (Å²) in [6, 6.07) is 17.7. The predicted molar refractivity (Wildman–Crippen MR) is 97.6 cm³/mol. The van der Waals surface area contributed by atoms with Crippen molar-refractivity contribution in [2.24, 2.45) is 0 Å². The van der Waals surface area contributed by atoms with Crippen LogP contribution in [-0.2, 0) is 16.4 Å². The summed E-state index contributed by atoms with van der Waals surface area (Å²) in [5.41, 5.74) is 2.25. The van der Waals surface area contributed by atoms with Gasteiger partial charge in [0.25, 0.3) is 0 Å². The minimum Gasteiger partial charge on any atom is -0.241 e. The SMILES string of the molecule is N#Cc1cccc(S(=O)(=O)NCCc2nc(-c3ccccc3)cs2)c1. The van der Waals surface area contributed by atoms with Gasteiger partial charge in [0.05, 0.1) is 27.2 Å². The second-order valence-corrected chi connectivity index (χ2v) is 7.99. The molecule has 126 valence electrons. The molecule has 5 nitrogen and oxygen atoms in total. The molecule has 0 aliphatic heterocycles. The Kier molecular flexibility index (Phi) is 5.24. The largest absolute Gasteiger partial charge is 0.241 e. The van der Waals surface area contributed by atoms with Gasteiger partial charge in [0.2, 0.25) is 10.0 Å². The molecule has 0 radical (unpaired) electrons. The van der Waals surface area contributed by atoms with Crippen LogP contribution in [0.1, 0.15) is 10.6 Å². The zero-order valence-electron chi connectivity index (χ0n) is 13.2. The number of nitrogens with one attached hydrogen (secondary N) is 1. The normalized spacial score (nSPS) is 11.2. The first kappa shape index (κ1) is 17.3. The van der Waals surface area contributed by atoms with Crippen LogP contribution in [0.4, 0.5) is 0 Å². The fourth-order valence-corrected chi connectivity index (χ4v) is 4.16. The Hall–Kier alpha value is -2.53. The van der Waals surface area contributed by atoms with E-state index in [1.165, 1.54) is 23.5 Å². The fraction of sp³-hybridized carbons (Fsp3) is 0.111. The highest BCUT2D eigenvalue weighted by Gasteiger charge is 2.14. The Balaban J connectivity index is 1.63. The van der Waals surface area contributed by atoms with E-state index in [0.29, 0.717) is 12.0 Å². The Bertz CT molecular complexity index is 1010. The molecule has 0 saturated carbocycles. The van der Waals surface area contributed by atoms with Crippen molar-refractivity contribution in [1.82, 2.24) is 9.71 Å². The minimum atomic E-state index is -3.63. The number of nitrogens with zero attached hydrogens (tertiary/aromatic N) is 2. The maximum Gasteiger partial charge on any atom is 0.240 e. The number of rotatable bonds is 6. The van der Waals surface area contributed by atoms with Gasteiger partial charge in [-0.1, -0.05) is 36.4 Å². The molecule has 1 aromatic heterocycles. The molecule has 0 fully saturated rings. The van der Waals surface area contributed by atoms with Gasteiger partial charge in [-0.2, -0.15) is 5.26 Å². The van der Waals surface area contributed by atoms with E-state index < -0.39 is 10.0 Å². The van der Waals surface area contributed by atoms with Gasteiger partial charge in [-0.25, -0.2) is 18.1 Å². The second kappa shape index (κ2) is 7.57. The summed E-state index contributed by atoms with van der Waals surface area (Å²) >= 11 is 1.51. The van der Waals surface area contributed by atoms with Crippen molar-refractivity contribution in [1.29, 1.82) is 5.26 Å². The van der Waals surface area contributed by atoms with Crippen LogP contribution >= 0.6 is 11.3 Å². The molecule has 0 amide bonds. The molecule has 7 heteroatoms. The number of hydrogen-bond acceptors (Lipinski definition) is 5. The first-order chi connectivity index (χ1) is 12.1. The standard InChI is InChI=1S/C18H15N3O2S2/c19-12-14-5-4-8-16(11-14)25(22,23)20-10-9-18-21-17(13-24-18)15-6-2-1-3-7-15/h1-8,11,13,20H,9-10H2. The molecule has 0 spiro atoms. The van der Waals surface area contributed by atoms with Crippen molar-refractivity contribution in [2.75, 3.05) is 6.54 Å². The summed E-state index contributed by atoms with van der Waals surface area (Å²) in [5.74, 6) is 0. The molecule has 2 aromatic carbocycles. The summed E-state index contributed by atoms with van der Waals surface area (Å²) in [6.45, 7) is 0.251. The highest BCUT2D eigenvalue weighted by atomic mass is 32.2. The average molecular weight is 369 g/mol. The fourth-order valence-electron chi connectivity index (χ4n) is 2.28. The Morgan fingerprint density at radius 2 is 1.92 bits per heavy atom. The molecule has 1 heterocycles. The lowest BCUT2D eigenvalue weighted by atomic mass is 10.2. The third-order valence-corrected chi connectivity index (χ3v) is 5.89. The molecular weight excluding hydrogens is 354 g/mol. The van der Waals surface area contributed by atoms with Crippen molar-refractivity contribution < 1.29 is 8.42 Å². The van der Waals surface area contributed by atoms with Gasteiger partial charge >= 0.3 is 0 Å². The molecule has 0 bridgehead atoms. The number of sulfonamides is 1. The number of thiazole rings is 1. The van der Waals surface area contributed by atoms with Crippen LogP contribution in [0.3, 0.4) is 0 Å². The number of hydrogen-bond donors (Lipinski definition) is 1. The molecule has 3 aromatic rings. The number of benzene rings is 2. The zero-order chi connectivity index (χ0) is 17.7. The van der Waals surface area contributed by atoms with Gasteiger partial charge in [0.15, 0.2) is 0 Å². The maximum atomic E-state index is 12.3. The third kappa shape index (κ3) is 4.31. The van der Waals surface area contributed by atoms with E-state index in [1.54, 1.807) is 12.1 Å². The first-order valence-corrected chi connectivity index (χ1v) is 9.94. The van der Waals surface area contributed by atoms with E-state index in [9.17, 15) is 8.42 Å². The summed E-state index contributed by atoms with van der Waals surface area (Å²) in [4.78, 5) is 4.63. The highest BCUT2D eigenvalue weighted by Crippen LogP contribution is 2.21. The highest BCUT2D eigenvalue weighted by molar-refractivity contribution is 7.89. The van der Waals surface area contributed by atoms with Crippen LogP contribution in [0, 0.1) is 11.3 Å². The van der Waals surface area contributed by atoms with Crippen molar-refractivity contribution in [3.05, 3.63) is 70.5 Å². The van der Waals surface area contributed by atoms with Gasteiger partial charge in [0, 0.05) is 23.9 Å². The van der Waals surface area contributed by atoms with Crippen LogP contribution in [0.25, 0.3) is 11.3 Å². The summed E-state index contributed by atoms with van der Waals surface area (Å²) in [7, 11) is -3.63. The second-order valence-electron chi connectivity index (χ2n) is 5.28. The molecule has 25 heavy (non-hydrogen) atoms. The van der Waals surface area contributed by atoms with Gasteiger partial charge in [0.1, 0.15) is 0 Å². The van der Waals surface area contributed by atoms with Gasteiger partial charge in [-0.15, -0.1) is 11.3 Å². The lowest BCUT2D eigenvalue weighted by Gasteiger charge is -2.06. The molecule has 0 saturated heterocycles. The Morgan fingerprint density at radius 1 is 1.12 bits per heavy atom. The van der Waals surface area contributed by atoms with Crippen LogP contribution in [0.5, 0.6) is 0 Å². The van der Waals surface area contributed by atoms with Crippen LogP contribution < -0.4 is 4.72 Å². The monoisotopic (exact) mass is 369 g/mol. The van der Waals surface area contributed by atoms with Crippen molar-refractivity contribution in [3.63, 3.8) is 0 Å². The molecule has 0 aliphatic rings. The summed E-state index contributed by atoms with van der Waals surface area (Å²) < 4.78 is 27.1. The van der Waals surface area contributed by atoms with Crippen molar-refractivity contribution in [2.45, 2.75) is 11.3 Å². The lowest BCUT2D eigenvalue weighted by Crippen LogP contribution is -2.26. The van der Waals surface area contributed by atoms with Gasteiger partial charge < -0.3 is 0 Å². The first-order valence-electron chi connectivity index (χ1n) is 7.58. The Labute approximate surface area is 150 Å². The van der Waals surface area contributed by atoms with Gasteiger partial charge in [-0.05, 0) is 18.2 Å². The van der Waals surface area contributed by atoms with Crippen LogP contribution in [0.2, 0.25) is 0 Å². The van der Waals surface area contributed by atoms with E-state index >= 15 is 0 Å². The van der Waals surface area contributed by atoms with E-state index in [4.69, 9.17) is 5.26 Å². The van der Waals surface area contributed by atoms with Crippen LogP contribution in [-0.4, -0.2) is 19.9 Å². The zero-order valence-corrected chi connectivity index (χ0v) is 14.8. The number of nitriles is 1. The van der Waals surface area contributed by atoms with E-state index in [2.05, 4.69) is 9.71 Å². The third-order valence-electron chi connectivity index (χ3n) is 3.53. The average Bonchev–Trinajstić information content (AvgIpc) is 3.11. The Morgan fingerprint density at radius 3 is 2.68 bits per heavy atom. The molecule has 3 rings (SSSR count). The minimum absolute atomic E-state index is 0.0932. The lowest BCUT2D eigenvalue weighted by molar-refractivity contribution is 0.581. The van der Waals surface area contributed by atoms with Crippen LogP contribution in [0.15, 0.2) is 64.9 Å².